The minimum atomic E-state index is -2.45. The van der Waals surface area contributed by atoms with Gasteiger partial charge in [0.25, 0.3) is 6.43 Å². The first kappa shape index (κ1) is 15.3. The molecule has 0 radical (unpaired) electrons. The molecule has 1 aromatic rings. The second kappa shape index (κ2) is 7.08. The highest BCUT2D eigenvalue weighted by molar-refractivity contribution is 4.97. The Morgan fingerprint density at radius 2 is 2.05 bits per heavy atom. The molecular formula is C13H21F2N3O2. The molecule has 0 aromatic carbocycles. The average molecular weight is 289 g/mol. The maximum Gasteiger partial charge on any atom is 0.261 e. The third-order valence-corrected chi connectivity index (χ3v) is 3.58. The maximum absolute atomic E-state index is 11.9. The Labute approximate surface area is 116 Å². The zero-order valence-corrected chi connectivity index (χ0v) is 11.5. The van der Waals surface area contributed by atoms with Crippen molar-refractivity contribution in [3.05, 3.63) is 11.7 Å². The lowest BCUT2D eigenvalue weighted by Crippen LogP contribution is -2.43. The van der Waals surface area contributed by atoms with Crippen molar-refractivity contribution in [1.82, 2.24) is 10.1 Å². The Kier molecular flexibility index (Phi) is 5.42. The van der Waals surface area contributed by atoms with Crippen LogP contribution in [0.4, 0.5) is 8.78 Å². The first-order chi connectivity index (χ1) is 9.57. The van der Waals surface area contributed by atoms with E-state index in [0.717, 1.165) is 25.7 Å². The van der Waals surface area contributed by atoms with E-state index in [4.69, 9.17) is 15.0 Å². The standard InChI is InChI=1S/C13H21F2N3O2/c14-10(15)9-19-7-4-11-17-12(20-18-11)8-13(16)5-2-1-3-6-13/h10H,1-9,16H2. The largest absolute Gasteiger partial charge is 0.375 e. The number of rotatable bonds is 7. The minimum absolute atomic E-state index is 0.164. The van der Waals surface area contributed by atoms with Gasteiger partial charge in [0, 0.05) is 18.4 Å². The molecule has 1 saturated carbocycles. The highest BCUT2D eigenvalue weighted by Gasteiger charge is 2.29. The third-order valence-electron chi connectivity index (χ3n) is 3.58. The molecule has 0 saturated heterocycles. The van der Waals surface area contributed by atoms with Gasteiger partial charge in [0.15, 0.2) is 5.82 Å². The number of nitrogens with two attached hydrogens (primary N) is 1. The Morgan fingerprint density at radius 3 is 2.75 bits per heavy atom. The molecule has 20 heavy (non-hydrogen) atoms. The lowest BCUT2D eigenvalue weighted by Gasteiger charge is -2.31. The molecule has 7 heteroatoms. The van der Waals surface area contributed by atoms with E-state index in [2.05, 4.69) is 10.1 Å². The highest BCUT2D eigenvalue weighted by atomic mass is 19.3. The summed E-state index contributed by atoms with van der Waals surface area (Å²) in [6.45, 7) is -0.395. The van der Waals surface area contributed by atoms with Crippen molar-refractivity contribution in [3.63, 3.8) is 0 Å². The van der Waals surface area contributed by atoms with Crippen LogP contribution in [0.1, 0.15) is 43.8 Å². The number of alkyl halides is 2. The van der Waals surface area contributed by atoms with Gasteiger partial charge >= 0.3 is 0 Å². The molecule has 0 spiro atoms. The van der Waals surface area contributed by atoms with Crippen LogP contribution < -0.4 is 5.73 Å². The second-order valence-electron chi connectivity index (χ2n) is 5.42. The monoisotopic (exact) mass is 289 g/mol. The van der Waals surface area contributed by atoms with Crippen molar-refractivity contribution in [2.45, 2.75) is 56.9 Å². The Balaban J connectivity index is 1.77. The first-order valence-corrected chi connectivity index (χ1v) is 7.04. The molecule has 0 bridgehead atoms. The smallest absolute Gasteiger partial charge is 0.261 e. The molecule has 1 heterocycles. The summed E-state index contributed by atoms with van der Waals surface area (Å²) in [7, 11) is 0. The van der Waals surface area contributed by atoms with Crippen LogP contribution in [0.15, 0.2) is 4.52 Å². The van der Waals surface area contributed by atoms with Gasteiger partial charge in [0.1, 0.15) is 6.61 Å². The molecule has 2 N–H and O–H groups in total. The van der Waals surface area contributed by atoms with Gasteiger partial charge in [0.05, 0.1) is 6.61 Å². The average Bonchev–Trinajstić information content (AvgIpc) is 2.82. The Bertz CT molecular complexity index is 406. The van der Waals surface area contributed by atoms with Crippen molar-refractivity contribution < 1.29 is 18.0 Å². The van der Waals surface area contributed by atoms with E-state index in [1.807, 2.05) is 0 Å². The molecule has 1 aliphatic carbocycles. The number of halogens is 2. The Morgan fingerprint density at radius 1 is 1.30 bits per heavy atom. The van der Waals surface area contributed by atoms with Gasteiger partial charge in [-0.15, -0.1) is 0 Å². The van der Waals surface area contributed by atoms with Crippen molar-refractivity contribution in [2.75, 3.05) is 13.2 Å². The summed E-state index contributed by atoms with van der Waals surface area (Å²) in [6, 6.07) is 0. The molecule has 2 rings (SSSR count). The number of hydrogen-bond acceptors (Lipinski definition) is 5. The normalized spacial score (nSPS) is 18.6. The van der Waals surface area contributed by atoms with Gasteiger partial charge in [0.2, 0.25) is 5.89 Å². The van der Waals surface area contributed by atoms with Crippen LogP contribution in [-0.2, 0) is 17.6 Å². The molecule has 0 aliphatic heterocycles. The fourth-order valence-corrected chi connectivity index (χ4v) is 2.53. The van der Waals surface area contributed by atoms with Gasteiger partial charge in [-0.1, -0.05) is 24.4 Å². The van der Waals surface area contributed by atoms with Crippen LogP contribution >= 0.6 is 0 Å². The van der Waals surface area contributed by atoms with Crippen molar-refractivity contribution in [1.29, 1.82) is 0 Å². The van der Waals surface area contributed by atoms with Crippen LogP contribution in [0.3, 0.4) is 0 Å². The third kappa shape index (κ3) is 4.79. The molecule has 0 unspecified atom stereocenters. The van der Waals surface area contributed by atoms with Crippen LogP contribution in [0.5, 0.6) is 0 Å². The predicted octanol–water partition coefficient (Wildman–Crippen LogP) is 2.10. The predicted molar refractivity (Wildman–Crippen MR) is 68.5 cm³/mol. The van der Waals surface area contributed by atoms with Crippen molar-refractivity contribution in [2.24, 2.45) is 5.73 Å². The van der Waals surface area contributed by atoms with E-state index >= 15 is 0 Å². The van der Waals surface area contributed by atoms with Gasteiger partial charge in [-0.3, -0.25) is 0 Å². The van der Waals surface area contributed by atoms with E-state index in [9.17, 15) is 8.78 Å². The van der Waals surface area contributed by atoms with Crippen LogP contribution in [0, 0.1) is 0 Å². The number of hydrogen-bond donors (Lipinski definition) is 1. The molecular weight excluding hydrogens is 268 g/mol. The fraction of sp³-hybridized carbons (Fsp3) is 0.846. The van der Waals surface area contributed by atoms with Crippen LogP contribution in [0.2, 0.25) is 0 Å². The van der Waals surface area contributed by atoms with E-state index in [1.54, 1.807) is 0 Å². The zero-order valence-electron chi connectivity index (χ0n) is 11.5. The Hall–Kier alpha value is -1.08. The summed E-state index contributed by atoms with van der Waals surface area (Å²) >= 11 is 0. The summed E-state index contributed by atoms with van der Waals surface area (Å²) in [4.78, 5) is 4.24. The topological polar surface area (TPSA) is 74.2 Å². The summed E-state index contributed by atoms with van der Waals surface area (Å²) in [5.41, 5.74) is 6.08. The van der Waals surface area contributed by atoms with Crippen molar-refractivity contribution in [3.8, 4) is 0 Å². The number of nitrogens with zero attached hydrogens (tertiary/aromatic N) is 2. The van der Waals surface area contributed by atoms with Crippen LogP contribution in [0.25, 0.3) is 0 Å². The lowest BCUT2D eigenvalue weighted by molar-refractivity contribution is 0.0182. The van der Waals surface area contributed by atoms with Crippen molar-refractivity contribution >= 4 is 0 Å². The second-order valence-corrected chi connectivity index (χ2v) is 5.42. The maximum atomic E-state index is 11.9. The van der Waals surface area contributed by atoms with Gasteiger partial charge in [-0.05, 0) is 12.8 Å². The molecule has 0 amide bonds. The molecule has 114 valence electrons. The first-order valence-electron chi connectivity index (χ1n) is 7.04. The summed E-state index contributed by atoms with van der Waals surface area (Å²) in [5.74, 6) is 1.01. The number of aromatic nitrogens is 2. The quantitative estimate of drug-likeness (QED) is 0.778. The minimum Gasteiger partial charge on any atom is -0.375 e. The molecule has 5 nitrogen and oxygen atoms in total. The lowest BCUT2D eigenvalue weighted by atomic mass is 9.80. The zero-order chi connectivity index (χ0) is 14.4. The summed E-state index contributed by atoms with van der Waals surface area (Å²) in [6.07, 6.45) is 3.96. The summed E-state index contributed by atoms with van der Waals surface area (Å²) < 4.78 is 33.7. The molecule has 1 aromatic heterocycles. The molecule has 0 atom stereocenters. The van der Waals surface area contributed by atoms with E-state index in [0.29, 0.717) is 24.6 Å². The number of ether oxygens (including phenoxy) is 1. The SMILES string of the molecule is NC1(Cc2nc(CCOCC(F)F)no2)CCCCC1. The molecule has 1 aliphatic rings. The van der Waals surface area contributed by atoms with E-state index < -0.39 is 13.0 Å². The highest BCUT2D eigenvalue weighted by Crippen LogP contribution is 2.28. The van der Waals surface area contributed by atoms with E-state index in [1.165, 1.54) is 6.42 Å². The van der Waals surface area contributed by atoms with E-state index in [-0.39, 0.29) is 12.1 Å². The van der Waals surface area contributed by atoms with Gasteiger partial charge in [-0.25, -0.2) is 8.78 Å². The summed E-state index contributed by atoms with van der Waals surface area (Å²) in [5, 5.41) is 3.82. The van der Waals surface area contributed by atoms with Crippen LogP contribution in [-0.4, -0.2) is 35.3 Å². The fourth-order valence-electron chi connectivity index (χ4n) is 2.53. The van der Waals surface area contributed by atoms with Gasteiger partial charge < -0.3 is 15.0 Å². The van der Waals surface area contributed by atoms with Gasteiger partial charge in [-0.2, -0.15) is 4.98 Å². The molecule has 1 fully saturated rings.